The Labute approximate surface area is 389 Å². The number of hydrogen-bond donors (Lipinski definition) is 0. The van der Waals surface area contributed by atoms with Crippen molar-refractivity contribution in [1.29, 1.82) is 0 Å². The number of fused-ring (bicyclic) bond motifs is 14. The van der Waals surface area contributed by atoms with Gasteiger partial charge >= 0.3 is 0 Å². The van der Waals surface area contributed by atoms with Gasteiger partial charge in [0.05, 0.1) is 16.8 Å². The topological polar surface area (TPSA) is 25.8 Å². The maximum absolute atomic E-state index is 5.43. The average Bonchev–Trinajstić information content (AvgIpc) is 3.87. The Morgan fingerprint density at radius 3 is 1.43 bits per heavy atom. The molecule has 2 heteroatoms. The molecule has 0 saturated carbocycles. The van der Waals surface area contributed by atoms with E-state index in [0.29, 0.717) is 5.82 Å². The van der Waals surface area contributed by atoms with Crippen molar-refractivity contribution in [1.82, 2.24) is 9.97 Å². The Hall–Kier alpha value is -8.72. The van der Waals surface area contributed by atoms with Gasteiger partial charge in [0.2, 0.25) is 0 Å². The fraction of sp³-hybridized carbons (Fsp3) is 0.0154. The van der Waals surface area contributed by atoms with E-state index in [1.54, 1.807) is 0 Å². The zero-order valence-electron chi connectivity index (χ0n) is 36.5. The minimum absolute atomic E-state index is 0.449. The van der Waals surface area contributed by atoms with Crippen LogP contribution in [0.2, 0.25) is 0 Å². The lowest BCUT2D eigenvalue weighted by Gasteiger charge is -2.30. The third-order valence-corrected chi connectivity index (χ3v) is 14.5. The monoisotopic (exact) mass is 848 g/mol. The van der Waals surface area contributed by atoms with E-state index < -0.39 is 5.41 Å². The summed E-state index contributed by atoms with van der Waals surface area (Å²) in [7, 11) is 0. The van der Waals surface area contributed by atoms with Gasteiger partial charge in [0.25, 0.3) is 0 Å². The van der Waals surface area contributed by atoms with Crippen LogP contribution in [0.15, 0.2) is 243 Å². The fourth-order valence-corrected chi connectivity index (χ4v) is 11.5. The number of benzene rings is 11. The molecule has 1 heterocycles. The highest BCUT2D eigenvalue weighted by Gasteiger charge is 2.51. The molecule has 0 amide bonds. The minimum atomic E-state index is -0.449. The standard InChI is InChI=1S/C65H40N2/c1-2-14-41(15-3-1)42-26-32-46(33-27-42)64-66-61(44-28-30-45(31-29-44)63-50-19-7-5-17-47(50)38-56-49-18-6-4-16-43(49)34-37-55(56)63)40-62(67-64)48-35-36-54-53-22-10-13-25-59(53)65(60(54)39-48)57-23-11-8-20-51(57)52-21-9-12-24-58(52)65/h1-40H. The van der Waals surface area contributed by atoms with Crippen molar-refractivity contribution in [2.75, 3.05) is 0 Å². The molecule has 2 nitrogen and oxygen atoms in total. The molecule has 0 atom stereocenters. The molecule has 0 radical (unpaired) electrons. The number of nitrogens with zero attached hydrogens (tertiary/aromatic N) is 2. The summed E-state index contributed by atoms with van der Waals surface area (Å²) < 4.78 is 0. The Morgan fingerprint density at radius 1 is 0.254 bits per heavy atom. The molecule has 2 aliphatic rings. The quantitative estimate of drug-likeness (QED) is 0.127. The van der Waals surface area contributed by atoms with Gasteiger partial charge in [-0.05, 0) is 117 Å². The van der Waals surface area contributed by atoms with Crippen molar-refractivity contribution in [2.24, 2.45) is 0 Å². The van der Waals surface area contributed by atoms with Crippen LogP contribution < -0.4 is 0 Å². The SMILES string of the molecule is c1ccc(-c2ccc(-c3nc(-c4ccc(-c5c6ccccc6cc6c5ccc5ccccc56)cc4)cc(-c4ccc5c(c4)C4(c6ccccc6-c6ccccc64)c4ccccc4-5)n3)cc2)cc1. The van der Waals surface area contributed by atoms with E-state index in [1.807, 2.05) is 0 Å². The van der Waals surface area contributed by atoms with Gasteiger partial charge in [-0.2, -0.15) is 0 Å². The maximum Gasteiger partial charge on any atom is 0.160 e. The molecule has 12 aromatic rings. The predicted molar refractivity (Wildman–Crippen MR) is 278 cm³/mol. The molecule has 0 N–H and O–H groups in total. The van der Waals surface area contributed by atoms with Crippen LogP contribution in [0.4, 0.5) is 0 Å². The second-order valence-corrected chi connectivity index (χ2v) is 18.0. The lowest BCUT2D eigenvalue weighted by atomic mass is 9.70. The van der Waals surface area contributed by atoms with Crippen LogP contribution in [0.25, 0.3) is 111 Å². The van der Waals surface area contributed by atoms with Crippen LogP contribution in [-0.4, -0.2) is 9.97 Å². The van der Waals surface area contributed by atoms with Gasteiger partial charge in [-0.15, -0.1) is 0 Å². The van der Waals surface area contributed by atoms with Gasteiger partial charge < -0.3 is 0 Å². The van der Waals surface area contributed by atoms with Crippen LogP contribution >= 0.6 is 0 Å². The van der Waals surface area contributed by atoms with E-state index in [1.165, 1.54) is 93.5 Å². The highest BCUT2D eigenvalue weighted by Crippen LogP contribution is 2.63. The first kappa shape index (κ1) is 37.6. The molecule has 0 saturated heterocycles. The van der Waals surface area contributed by atoms with Gasteiger partial charge in [-0.25, -0.2) is 9.97 Å². The van der Waals surface area contributed by atoms with E-state index >= 15 is 0 Å². The zero-order chi connectivity index (χ0) is 44.1. The normalized spacial score (nSPS) is 12.9. The van der Waals surface area contributed by atoms with Gasteiger partial charge in [0.15, 0.2) is 5.82 Å². The van der Waals surface area contributed by atoms with Crippen LogP contribution in [0.5, 0.6) is 0 Å². The number of rotatable bonds is 5. The van der Waals surface area contributed by atoms with Crippen LogP contribution in [0.1, 0.15) is 22.3 Å². The third kappa shape index (κ3) is 5.63. The summed E-state index contributed by atoms with van der Waals surface area (Å²) in [5.41, 5.74) is 19.6. The van der Waals surface area contributed by atoms with E-state index in [9.17, 15) is 0 Å². The summed E-state index contributed by atoms with van der Waals surface area (Å²) in [5, 5.41) is 7.51. The molecule has 2 aliphatic carbocycles. The van der Waals surface area contributed by atoms with E-state index in [2.05, 4.69) is 243 Å². The van der Waals surface area contributed by atoms with E-state index in [-0.39, 0.29) is 0 Å². The van der Waals surface area contributed by atoms with Crippen molar-refractivity contribution < 1.29 is 0 Å². The van der Waals surface area contributed by atoms with E-state index in [4.69, 9.17) is 9.97 Å². The Kier molecular flexibility index (Phi) is 8.23. The van der Waals surface area contributed by atoms with Crippen LogP contribution in [0, 0.1) is 0 Å². The van der Waals surface area contributed by atoms with Crippen molar-refractivity contribution in [3.05, 3.63) is 265 Å². The molecule has 0 fully saturated rings. The van der Waals surface area contributed by atoms with Crippen molar-refractivity contribution in [3.8, 4) is 78.4 Å². The molecule has 0 bridgehead atoms. The lowest BCUT2D eigenvalue weighted by Crippen LogP contribution is -2.25. The molecule has 1 aromatic heterocycles. The molecular formula is C65H40N2. The Morgan fingerprint density at radius 2 is 0.746 bits per heavy atom. The minimum Gasteiger partial charge on any atom is -0.228 e. The fourth-order valence-electron chi connectivity index (χ4n) is 11.5. The largest absolute Gasteiger partial charge is 0.228 e. The summed E-state index contributed by atoms with van der Waals surface area (Å²) in [5.74, 6) is 0.693. The second kappa shape index (κ2) is 14.7. The predicted octanol–water partition coefficient (Wildman–Crippen LogP) is 16.6. The van der Waals surface area contributed by atoms with Crippen molar-refractivity contribution in [3.63, 3.8) is 0 Å². The summed E-state index contributed by atoms with van der Waals surface area (Å²) in [6, 6.07) is 88.7. The molecule has 1 spiro atoms. The molecule has 11 aromatic carbocycles. The highest BCUT2D eigenvalue weighted by atomic mass is 14.9. The van der Waals surface area contributed by atoms with Gasteiger partial charge in [-0.1, -0.05) is 224 Å². The highest BCUT2D eigenvalue weighted by molar-refractivity contribution is 6.20. The Balaban J connectivity index is 0.948. The first-order chi connectivity index (χ1) is 33.2. The smallest absolute Gasteiger partial charge is 0.160 e. The summed E-state index contributed by atoms with van der Waals surface area (Å²) in [6.07, 6.45) is 0. The summed E-state index contributed by atoms with van der Waals surface area (Å²) >= 11 is 0. The first-order valence-electron chi connectivity index (χ1n) is 23.1. The molecule has 0 aliphatic heterocycles. The van der Waals surface area contributed by atoms with E-state index in [0.717, 1.165) is 33.6 Å². The summed E-state index contributed by atoms with van der Waals surface area (Å²) in [4.78, 5) is 10.8. The number of hydrogen-bond acceptors (Lipinski definition) is 2. The van der Waals surface area contributed by atoms with Crippen molar-refractivity contribution >= 4 is 32.3 Å². The molecular weight excluding hydrogens is 809 g/mol. The van der Waals surface area contributed by atoms with Crippen LogP contribution in [-0.2, 0) is 5.41 Å². The maximum atomic E-state index is 5.43. The van der Waals surface area contributed by atoms with Gasteiger partial charge in [0, 0.05) is 16.7 Å². The zero-order valence-corrected chi connectivity index (χ0v) is 36.5. The molecule has 0 unspecified atom stereocenters. The first-order valence-corrected chi connectivity index (χ1v) is 23.1. The molecule has 67 heavy (non-hydrogen) atoms. The van der Waals surface area contributed by atoms with Crippen LogP contribution in [0.3, 0.4) is 0 Å². The van der Waals surface area contributed by atoms with Gasteiger partial charge in [-0.3, -0.25) is 0 Å². The van der Waals surface area contributed by atoms with Gasteiger partial charge in [0.1, 0.15) is 0 Å². The molecule has 14 rings (SSSR count). The van der Waals surface area contributed by atoms with Crippen molar-refractivity contribution in [2.45, 2.75) is 5.41 Å². The number of aromatic nitrogens is 2. The average molecular weight is 849 g/mol. The second-order valence-electron chi connectivity index (χ2n) is 18.0. The molecule has 310 valence electrons. The Bertz CT molecular complexity index is 3900. The summed E-state index contributed by atoms with van der Waals surface area (Å²) in [6.45, 7) is 0. The lowest BCUT2D eigenvalue weighted by molar-refractivity contribution is 0.794. The third-order valence-electron chi connectivity index (χ3n) is 14.5.